The van der Waals surface area contributed by atoms with Gasteiger partial charge in [-0.2, -0.15) is 0 Å². The molecule has 5 nitrogen and oxygen atoms in total. The molecule has 2 rings (SSSR count). The first kappa shape index (κ1) is 18.8. The van der Waals surface area contributed by atoms with Crippen LogP contribution in [-0.2, 0) is 4.79 Å². The lowest BCUT2D eigenvalue weighted by atomic mass is 10.2. The Bertz CT molecular complexity index is 804. The number of nitrogens with one attached hydrogen (secondary N) is 1. The summed E-state index contributed by atoms with van der Waals surface area (Å²) >= 11 is 7.27. The molecule has 2 aromatic rings. The Morgan fingerprint density at radius 2 is 2.08 bits per heavy atom. The second kappa shape index (κ2) is 8.03. The summed E-state index contributed by atoms with van der Waals surface area (Å²) in [6, 6.07) is 5.13. The molecule has 7 heteroatoms. The molecule has 24 heavy (non-hydrogen) atoms. The lowest BCUT2D eigenvalue weighted by molar-refractivity contribution is -0.119. The molecule has 0 fully saturated rings. The maximum Gasteiger partial charge on any atom is 0.262 e. The minimum Gasteiger partial charge on any atom is -0.353 e. The number of halogens is 1. The van der Waals surface area contributed by atoms with Gasteiger partial charge in [0.2, 0.25) is 5.91 Å². The maximum absolute atomic E-state index is 12.7. The van der Waals surface area contributed by atoms with E-state index in [1.807, 2.05) is 27.7 Å². The molecule has 0 unspecified atom stereocenters. The Labute approximate surface area is 150 Å². The first-order valence-electron chi connectivity index (χ1n) is 7.97. The third-order valence-corrected chi connectivity index (χ3v) is 4.89. The quantitative estimate of drug-likeness (QED) is 0.625. The standard InChI is InChI=1S/C17H22ClN3O2S/c1-5-11(4)19-15(22)9-24-17-20-14-8-12(18)6-7-13(14)16(23)21(17)10(2)3/h6-8,10-11H,5,9H2,1-4H3,(H,19,22)/t11-/m0/s1. The van der Waals surface area contributed by atoms with Gasteiger partial charge in [-0.05, 0) is 45.4 Å². The van der Waals surface area contributed by atoms with Crippen LogP contribution in [0.25, 0.3) is 10.9 Å². The summed E-state index contributed by atoms with van der Waals surface area (Å²) in [4.78, 5) is 29.3. The van der Waals surface area contributed by atoms with E-state index in [0.717, 1.165) is 6.42 Å². The molecule has 1 heterocycles. The van der Waals surface area contributed by atoms with Gasteiger partial charge in [0.1, 0.15) is 0 Å². The highest BCUT2D eigenvalue weighted by Gasteiger charge is 2.16. The highest BCUT2D eigenvalue weighted by atomic mass is 35.5. The third kappa shape index (κ3) is 4.30. The first-order valence-corrected chi connectivity index (χ1v) is 9.33. The summed E-state index contributed by atoms with van der Waals surface area (Å²) < 4.78 is 1.62. The van der Waals surface area contributed by atoms with E-state index in [-0.39, 0.29) is 29.3 Å². The smallest absolute Gasteiger partial charge is 0.262 e. The minimum atomic E-state index is -0.114. The Balaban J connectivity index is 2.36. The van der Waals surface area contributed by atoms with Crippen LogP contribution in [0.2, 0.25) is 5.02 Å². The molecule has 0 saturated heterocycles. The monoisotopic (exact) mass is 367 g/mol. The van der Waals surface area contributed by atoms with E-state index in [1.165, 1.54) is 11.8 Å². The molecular weight excluding hydrogens is 346 g/mol. The summed E-state index contributed by atoms with van der Waals surface area (Å²) in [6.07, 6.45) is 0.875. The van der Waals surface area contributed by atoms with E-state index in [1.54, 1.807) is 22.8 Å². The summed E-state index contributed by atoms with van der Waals surface area (Å²) in [5.41, 5.74) is 0.436. The van der Waals surface area contributed by atoms with Gasteiger partial charge in [0, 0.05) is 17.1 Å². The largest absolute Gasteiger partial charge is 0.353 e. The number of hydrogen-bond acceptors (Lipinski definition) is 4. The molecule has 0 saturated carbocycles. The van der Waals surface area contributed by atoms with Crippen molar-refractivity contribution in [3.05, 3.63) is 33.6 Å². The highest BCUT2D eigenvalue weighted by Crippen LogP contribution is 2.22. The molecular formula is C17H22ClN3O2S. The molecule has 0 aliphatic heterocycles. The van der Waals surface area contributed by atoms with Crippen LogP contribution in [0.4, 0.5) is 0 Å². The fourth-order valence-electron chi connectivity index (χ4n) is 2.26. The van der Waals surface area contributed by atoms with E-state index in [2.05, 4.69) is 10.3 Å². The number of benzene rings is 1. The van der Waals surface area contributed by atoms with Crippen molar-refractivity contribution < 1.29 is 4.79 Å². The number of rotatable bonds is 6. The van der Waals surface area contributed by atoms with Crippen molar-refractivity contribution >= 4 is 40.2 Å². The van der Waals surface area contributed by atoms with Crippen LogP contribution in [0.15, 0.2) is 28.2 Å². The molecule has 0 aliphatic rings. The van der Waals surface area contributed by atoms with Crippen LogP contribution in [0.3, 0.4) is 0 Å². The van der Waals surface area contributed by atoms with Crippen LogP contribution >= 0.6 is 23.4 Å². The summed E-state index contributed by atoms with van der Waals surface area (Å²) in [7, 11) is 0. The second-order valence-electron chi connectivity index (χ2n) is 5.99. The predicted molar refractivity (Wildman–Crippen MR) is 100 cm³/mol. The number of amides is 1. The molecule has 130 valence electrons. The zero-order valence-corrected chi connectivity index (χ0v) is 15.9. The number of aromatic nitrogens is 2. The van der Waals surface area contributed by atoms with Crippen molar-refractivity contribution in [2.45, 2.75) is 51.4 Å². The summed E-state index contributed by atoms with van der Waals surface area (Å²) in [6.45, 7) is 7.83. The number of carbonyl (C=O) groups is 1. The van der Waals surface area contributed by atoms with Crippen LogP contribution in [0.1, 0.15) is 40.2 Å². The average Bonchev–Trinajstić information content (AvgIpc) is 2.51. The zero-order chi connectivity index (χ0) is 17.9. The highest BCUT2D eigenvalue weighted by molar-refractivity contribution is 7.99. The Hall–Kier alpha value is -1.53. The van der Waals surface area contributed by atoms with E-state index in [0.29, 0.717) is 21.1 Å². The molecule has 1 atom stereocenters. The van der Waals surface area contributed by atoms with Crippen molar-refractivity contribution in [3.63, 3.8) is 0 Å². The molecule has 1 N–H and O–H groups in total. The molecule has 0 bridgehead atoms. The molecule has 1 aromatic heterocycles. The fraction of sp³-hybridized carbons (Fsp3) is 0.471. The third-order valence-electron chi connectivity index (χ3n) is 3.70. The van der Waals surface area contributed by atoms with Gasteiger partial charge in [0.25, 0.3) is 5.56 Å². The lowest BCUT2D eigenvalue weighted by Gasteiger charge is -2.16. The van der Waals surface area contributed by atoms with Crippen molar-refractivity contribution in [2.75, 3.05) is 5.75 Å². The average molecular weight is 368 g/mol. The van der Waals surface area contributed by atoms with E-state index < -0.39 is 0 Å². The van der Waals surface area contributed by atoms with Gasteiger partial charge in [0.15, 0.2) is 5.16 Å². The van der Waals surface area contributed by atoms with Crippen molar-refractivity contribution in [3.8, 4) is 0 Å². The summed E-state index contributed by atoms with van der Waals surface area (Å²) in [5, 5.41) is 4.50. The van der Waals surface area contributed by atoms with Crippen LogP contribution in [0.5, 0.6) is 0 Å². The Kier molecular flexibility index (Phi) is 6.29. The van der Waals surface area contributed by atoms with E-state index in [9.17, 15) is 9.59 Å². The number of hydrogen-bond donors (Lipinski definition) is 1. The van der Waals surface area contributed by atoms with E-state index in [4.69, 9.17) is 11.6 Å². The van der Waals surface area contributed by atoms with Crippen LogP contribution < -0.4 is 10.9 Å². The lowest BCUT2D eigenvalue weighted by Crippen LogP contribution is -2.33. The van der Waals surface area contributed by atoms with Crippen molar-refractivity contribution in [1.29, 1.82) is 0 Å². The van der Waals surface area contributed by atoms with Gasteiger partial charge < -0.3 is 5.32 Å². The number of fused-ring (bicyclic) bond motifs is 1. The molecule has 0 spiro atoms. The van der Waals surface area contributed by atoms with Gasteiger partial charge >= 0.3 is 0 Å². The number of thioether (sulfide) groups is 1. The number of nitrogens with zero attached hydrogens (tertiary/aromatic N) is 2. The van der Waals surface area contributed by atoms with Crippen molar-refractivity contribution in [2.24, 2.45) is 0 Å². The minimum absolute atomic E-state index is 0.0507. The molecule has 0 aliphatic carbocycles. The normalized spacial score (nSPS) is 12.6. The Morgan fingerprint density at radius 3 is 2.71 bits per heavy atom. The van der Waals surface area contributed by atoms with Gasteiger partial charge in [-0.3, -0.25) is 14.2 Å². The van der Waals surface area contributed by atoms with Crippen LogP contribution in [-0.4, -0.2) is 27.3 Å². The van der Waals surface area contributed by atoms with Gasteiger partial charge in [-0.15, -0.1) is 0 Å². The van der Waals surface area contributed by atoms with Gasteiger partial charge in [-0.1, -0.05) is 30.3 Å². The molecule has 1 aromatic carbocycles. The van der Waals surface area contributed by atoms with Gasteiger partial charge in [-0.25, -0.2) is 4.98 Å². The molecule has 1 amide bonds. The molecule has 0 radical (unpaired) electrons. The zero-order valence-electron chi connectivity index (χ0n) is 14.3. The first-order chi connectivity index (χ1) is 11.3. The van der Waals surface area contributed by atoms with Crippen LogP contribution in [0, 0.1) is 0 Å². The topological polar surface area (TPSA) is 64.0 Å². The predicted octanol–water partition coefficient (Wildman–Crippen LogP) is 3.64. The fourth-order valence-corrected chi connectivity index (χ4v) is 3.36. The summed E-state index contributed by atoms with van der Waals surface area (Å²) in [5.74, 6) is 0.153. The second-order valence-corrected chi connectivity index (χ2v) is 7.37. The van der Waals surface area contributed by atoms with Crippen molar-refractivity contribution in [1.82, 2.24) is 14.9 Å². The SMILES string of the molecule is CC[C@H](C)NC(=O)CSc1nc2cc(Cl)ccc2c(=O)n1C(C)C. The van der Waals surface area contributed by atoms with Gasteiger partial charge in [0.05, 0.1) is 16.7 Å². The maximum atomic E-state index is 12.7. The van der Waals surface area contributed by atoms with E-state index >= 15 is 0 Å². The number of carbonyl (C=O) groups excluding carboxylic acids is 1. The Morgan fingerprint density at radius 1 is 1.38 bits per heavy atom.